The van der Waals surface area contributed by atoms with E-state index >= 15 is 0 Å². The van der Waals surface area contributed by atoms with E-state index in [0.29, 0.717) is 0 Å². The van der Waals surface area contributed by atoms with Gasteiger partial charge in [-0.05, 0) is 31.2 Å². The maximum absolute atomic E-state index is 8.45. The van der Waals surface area contributed by atoms with Gasteiger partial charge in [-0.15, -0.1) is 0 Å². The molecule has 0 saturated carbocycles. The van der Waals surface area contributed by atoms with Crippen LogP contribution in [0.1, 0.15) is 30.2 Å². The first-order chi connectivity index (χ1) is 18.6. The number of piperazine rings is 1. The second-order valence-electron chi connectivity index (χ2n) is 3.38. The lowest BCUT2D eigenvalue weighted by Gasteiger charge is -2.36. The van der Waals surface area contributed by atoms with Crippen molar-refractivity contribution in [3.63, 3.8) is 0 Å². The second-order valence-corrected chi connectivity index (χ2v) is 3.38. The van der Waals surface area contributed by atoms with Gasteiger partial charge in [0.2, 0.25) is 0 Å². The molecule has 118 valence electrons. The van der Waals surface area contributed by atoms with Gasteiger partial charge in [0.25, 0.3) is 0 Å². The molecule has 5 nitrogen and oxygen atoms in total. The molecule has 0 amide bonds. The molecule has 1 aliphatic rings. The Kier molecular flexibility index (Phi) is 1.60. The smallest absolute Gasteiger partial charge is 0.119 e. The second kappa shape index (κ2) is 8.87. The van der Waals surface area contributed by atoms with E-state index in [1.807, 2.05) is 0 Å². The van der Waals surface area contributed by atoms with Crippen LogP contribution in [0.15, 0.2) is 24.3 Å². The number of hydrogen-bond donors (Lipinski definition) is 1. The van der Waals surface area contributed by atoms with E-state index in [1.165, 1.54) is 5.32 Å². The minimum atomic E-state index is -4.06. The topological polar surface area (TPSA) is 37.0 Å². The van der Waals surface area contributed by atoms with Crippen LogP contribution < -0.4 is 15.0 Å². The van der Waals surface area contributed by atoms with Gasteiger partial charge in [0.1, 0.15) is 12.3 Å². The molecule has 0 aromatic heterocycles. The minimum Gasteiger partial charge on any atom is -0.491 e. The lowest BCUT2D eigenvalue weighted by Crippen LogP contribution is -2.48. The standard InChI is InChI=1S/C16H27N3O2/c1-17-7-8-18-9-11-19(12-10-18)15-3-5-16(6-4-15)21-14-13-20-2/h3-6,17H,7-14H2,1-2H3/i1D3,2D3,7D2,8D2,9D2,10D2,11D2,12D2,13D2,14D2. The fraction of sp³-hybridized carbons (Fsp3) is 0.625. The first-order valence-electron chi connectivity index (χ1n) is 16.5. The van der Waals surface area contributed by atoms with Crippen molar-refractivity contribution in [2.24, 2.45) is 0 Å². The van der Waals surface area contributed by atoms with Crippen molar-refractivity contribution in [2.45, 2.75) is 0 Å². The van der Waals surface area contributed by atoms with E-state index in [0.717, 1.165) is 24.3 Å². The van der Waals surface area contributed by atoms with Crippen LogP contribution in [-0.4, -0.2) is 71.0 Å². The van der Waals surface area contributed by atoms with Gasteiger partial charge in [-0.1, -0.05) is 0 Å². The van der Waals surface area contributed by atoms with Gasteiger partial charge in [-0.3, -0.25) is 4.90 Å². The van der Waals surface area contributed by atoms with Gasteiger partial charge in [0.05, 0.1) is 21.6 Å². The molecule has 1 fully saturated rings. The van der Waals surface area contributed by atoms with Crippen LogP contribution in [0.25, 0.3) is 0 Å². The zero-order valence-electron chi connectivity index (χ0n) is 32.5. The number of nitrogens with zero attached hydrogens (tertiary/aromatic N) is 2. The predicted octanol–water partition coefficient (Wildman–Crippen LogP) is 1.05. The molecule has 21 heavy (non-hydrogen) atoms. The average molecular weight is 316 g/mol. The van der Waals surface area contributed by atoms with Crippen molar-refractivity contribution in [3.8, 4) is 5.75 Å². The minimum absolute atomic E-state index is 0.0607. The normalized spacial score (nSPS) is 45.2. The van der Waals surface area contributed by atoms with E-state index in [1.54, 1.807) is 0 Å². The summed E-state index contributed by atoms with van der Waals surface area (Å²) in [5.74, 6) is -0.544. The monoisotopic (exact) mass is 315 g/mol. The van der Waals surface area contributed by atoms with Crippen LogP contribution in [0.4, 0.5) is 5.69 Å². The van der Waals surface area contributed by atoms with Crippen LogP contribution in [0.3, 0.4) is 0 Å². The highest BCUT2D eigenvalue weighted by Gasteiger charge is 2.16. The number of benzene rings is 1. The Bertz CT molecular complexity index is 1130. The molecule has 0 atom stereocenters. The zero-order chi connectivity index (χ0) is 34.3. The van der Waals surface area contributed by atoms with Crippen molar-refractivity contribution in [2.75, 3.05) is 71.0 Å². The lowest BCUT2D eigenvalue weighted by molar-refractivity contribution is 0.146. The molecule has 2 rings (SSSR count). The average Bonchev–Trinajstić information content (AvgIpc) is 2.69. The number of likely N-dealkylation sites (N-methyl/N-ethyl adjacent to an activating group) is 1. The molecule has 0 spiro atoms. The molecule has 1 aromatic carbocycles. The molecule has 1 heterocycles. The Balaban J connectivity index is 2.60. The highest BCUT2D eigenvalue weighted by molar-refractivity contribution is 5.49. The maximum atomic E-state index is 8.45. The summed E-state index contributed by atoms with van der Waals surface area (Å²) in [6.07, 6.45) is 0. The van der Waals surface area contributed by atoms with Crippen molar-refractivity contribution < 1.29 is 39.6 Å². The summed E-state index contributed by atoms with van der Waals surface area (Å²) in [5.41, 5.74) is -0.638. The number of hydrogen-bond acceptors (Lipinski definition) is 5. The lowest BCUT2D eigenvalue weighted by atomic mass is 10.2. The Morgan fingerprint density at radius 3 is 2.76 bits per heavy atom. The van der Waals surface area contributed by atoms with Gasteiger partial charge in [0, 0.05) is 66.8 Å². The van der Waals surface area contributed by atoms with Crippen molar-refractivity contribution >= 4 is 5.69 Å². The van der Waals surface area contributed by atoms with Gasteiger partial charge >= 0.3 is 0 Å². The summed E-state index contributed by atoms with van der Waals surface area (Å²) in [4.78, 5) is -0.754. The summed E-state index contributed by atoms with van der Waals surface area (Å²) in [7, 11) is -3.36. The molecule has 0 bridgehead atoms. The summed E-state index contributed by atoms with van der Waals surface area (Å²) < 4.78 is 182. The van der Waals surface area contributed by atoms with Crippen LogP contribution in [0.2, 0.25) is 0 Å². The van der Waals surface area contributed by atoms with Crippen LogP contribution >= 0.6 is 0 Å². The number of nitrogens with one attached hydrogen (secondary N) is 1. The van der Waals surface area contributed by atoms with Crippen LogP contribution in [0.5, 0.6) is 5.75 Å². The number of methoxy groups -OCH3 is 1. The third kappa shape index (κ3) is 5.19. The van der Waals surface area contributed by atoms with E-state index in [9.17, 15) is 0 Å². The predicted molar refractivity (Wildman–Crippen MR) is 86.4 cm³/mol. The van der Waals surface area contributed by atoms with E-state index in [-0.39, 0.29) is 4.90 Å². The van der Waals surface area contributed by atoms with Gasteiger partial charge in [-0.25, -0.2) is 0 Å². The van der Waals surface area contributed by atoms with Crippen LogP contribution in [0, 0.1) is 0 Å². The zero-order valence-corrected chi connectivity index (χ0v) is 10.5. The summed E-state index contributed by atoms with van der Waals surface area (Å²) in [6.45, 7) is -33.6. The van der Waals surface area contributed by atoms with Crippen molar-refractivity contribution in [1.29, 1.82) is 0 Å². The van der Waals surface area contributed by atoms with E-state index in [2.05, 4.69) is 4.74 Å². The van der Waals surface area contributed by atoms with Crippen molar-refractivity contribution in [3.05, 3.63) is 24.3 Å². The Morgan fingerprint density at radius 2 is 2.05 bits per heavy atom. The molecule has 0 aliphatic carbocycles. The largest absolute Gasteiger partial charge is 0.491 e. The number of ether oxygens (including phenoxy) is 2. The van der Waals surface area contributed by atoms with E-state index < -0.39 is 82.4 Å². The Labute approximate surface area is 158 Å². The number of anilines is 1. The summed E-state index contributed by atoms with van der Waals surface area (Å²) >= 11 is 0. The van der Waals surface area contributed by atoms with Gasteiger partial charge in [0.15, 0.2) is 0 Å². The fourth-order valence-corrected chi connectivity index (χ4v) is 1.29. The van der Waals surface area contributed by atoms with Crippen LogP contribution in [-0.2, 0) is 4.74 Å². The van der Waals surface area contributed by atoms with E-state index in [4.69, 9.17) is 34.9 Å². The highest BCUT2D eigenvalue weighted by atomic mass is 16.5. The quantitative estimate of drug-likeness (QED) is 0.776. The molecule has 1 aliphatic heterocycles. The maximum Gasteiger partial charge on any atom is 0.119 e. The first kappa shape index (κ1) is 3.78. The molecular weight excluding hydrogens is 266 g/mol. The fourth-order valence-electron chi connectivity index (χ4n) is 1.29. The third-order valence-electron chi connectivity index (χ3n) is 2.13. The first-order valence-corrected chi connectivity index (χ1v) is 5.48. The molecule has 0 radical (unpaired) electrons. The molecule has 1 N–H and O–H groups in total. The highest BCUT2D eigenvalue weighted by Crippen LogP contribution is 2.20. The molecular formula is C16H27N3O2. The SMILES string of the molecule is [2H]C([2H])([2H])NC([2H])([2H])C([2H])([2H])N1C([2H])([2H])C([2H])([2H])N(c2ccc(OC([2H])([2H])C([2H])([2H])OC([2H])([2H])[2H])cc2)C([2H])([2H])C1([2H])[2H]. The van der Waals surface area contributed by atoms with Crippen molar-refractivity contribution in [1.82, 2.24) is 10.2 Å². The number of rotatable bonds is 8. The van der Waals surface area contributed by atoms with Gasteiger partial charge < -0.3 is 19.7 Å². The summed E-state index contributed by atoms with van der Waals surface area (Å²) in [5, 5.41) is 1.27. The summed E-state index contributed by atoms with van der Waals surface area (Å²) in [6, 6.07) is 3.18. The van der Waals surface area contributed by atoms with Gasteiger partial charge in [-0.2, -0.15) is 0 Å². The molecule has 0 unspecified atom stereocenters. The Hall–Kier alpha value is -1.30. The molecule has 1 aromatic rings. The molecule has 1 saturated heterocycles. The Morgan fingerprint density at radius 1 is 1.24 bits per heavy atom. The third-order valence-corrected chi connectivity index (χ3v) is 2.13. The molecule has 5 heteroatoms.